The average Bonchev–Trinajstić information content (AvgIpc) is 3.12. The molecule has 3 rings (SSSR count). The zero-order valence-corrected chi connectivity index (χ0v) is 15.5. The molecule has 1 unspecified atom stereocenters. The zero-order valence-electron chi connectivity index (χ0n) is 15.5. The third kappa shape index (κ3) is 7.67. The van der Waals surface area contributed by atoms with E-state index in [1.165, 1.54) is 5.69 Å². The Balaban J connectivity index is 0.000000300. The number of alkyl carbamates (subject to hydrolysis) is 1. The van der Waals surface area contributed by atoms with E-state index in [9.17, 15) is 14.4 Å². The number of nitrogens with one attached hydrogen (secondary N) is 1. The third-order valence-electron chi connectivity index (χ3n) is 4.38. The molecule has 0 radical (unpaired) electrons. The summed E-state index contributed by atoms with van der Waals surface area (Å²) in [5.74, 6) is -2.51. The van der Waals surface area contributed by atoms with Crippen molar-refractivity contribution in [2.45, 2.75) is 12.5 Å². The molecule has 1 aromatic rings. The van der Waals surface area contributed by atoms with Gasteiger partial charge in [-0.15, -0.1) is 0 Å². The van der Waals surface area contributed by atoms with Gasteiger partial charge >= 0.3 is 18.0 Å². The normalized spacial score (nSPS) is 19.5. The summed E-state index contributed by atoms with van der Waals surface area (Å²) >= 11 is 0. The van der Waals surface area contributed by atoms with Gasteiger partial charge in [0, 0.05) is 50.6 Å². The van der Waals surface area contributed by atoms with Gasteiger partial charge in [0.2, 0.25) is 0 Å². The summed E-state index contributed by atoms with van der Waals surface area (Å²) < 4.78 is 5.16. The number of aliphatic carboxylic acids is 2. The average molecular weight is 391 g/mol. The number of benzene rings is 1. The van der Waals surface area contributed by atoms with E-state index in [2.05, 4.69) is 45.4 Å². The van der Waals surface area contributed by atoms with Crippen molar-refractivity contribution >= 4 is 23.7 Å². The van der Waals surface area contributed by atoms with Crippen LogP contribution in [-0.2, 0) is 14.3 Å². The SMILES string of the molecule is O=C(O)/C=C\C(=O)O.O=C1NCC(CCN2CCN(c3ccccc3)CC2)O1. The summed E-state index contributed by atoms with van der Waals surface area (Å²) in [5, 5.41) is 18.3. The molecule has 0 bridgehead atoms. The number of carboxylic acid groups (broad SMARTS) is 2. The number of carbonyl (C=O) groups is 3. The van der Waals surface area contributed by atoms with Crippen molar-refractivity contribution in [1.29, 1.82) is 0 Å². The number of carboxylic acids is 2. The Morgan fingerprint density at radius 2 is 1.68 bits per heavy atom. The molecule has 28 heavy (non-hydrogen) atoms. The molecule has 2 aliphatic rings. The molecule has 2 saturated heterocycles. The van der Waals surface area contributed by atoms with Gasteiger partial charge in [-0.1, -0.05) is 18.2 Å². The highest BCUT2D eigenvalue weighted by molar-refractivity contribution is 5.89. The zero-order chi connectivity index (χ0) is 20.4. The van der Waals surface area contributed by atoms with Crippen LogP contribution in [0.1, 0.15) is 6.42 Å². The van der Waals surface area contributed by atoms with Crippen LogP contribution >= 0.6 is 0 Å². The summed E-state index contributed by atoms with van der Waals surface area (Å²) in [6, 6.07) is 10.6. The highest BCUT2D eigenvalue weighted by atomic mass is 16.6. The Morgan fingerprint density at radius 1 is 1.07 bits per heavy atom. The summed E-state index contributed by atoms with van der Waals surface area (Å²) in [6.07, 6.45) is 1.81. The Morgan fingerprint density at radius 3 is 2.18 bits per heavy atom. The number of rotatable bonds is 6. The van der Waals surface area contributed by atoms with E-state index in [1.807, 2.05) is 0 Å². The van der Waals surface area contributed by atoms with Crippen molar-refractivity contribution in [2.24, 2.45) is 0 Å². The fourth-order valence-electron chi connectivity index (χ4n) is 2.93. The van der Waals surface area contributed by atoms with Gasteiger partial charge < -0.3 is 25.2 Å². The maximum absolute atomic E-state index is 11.0. The van der Waals surface area contributed by atoms with E-state index in [1.54, 1.807) is 0 Å². The lowest BCUT2D eigenvalue weighted by Gasteiger charge is -2.36. The maximum Gasteiger partial charge on any atom is 0.407 e. The minimum absolute atomic E-state index is 0.0506. The smallest absolute Gasteiger partial charge is 0.407 e. The van der Waals surface area contributed by atoms with Crippen molar-refractivity contribution in [3.63, 3.8) is 0 Å². The van der Waals surface area contributed by atoms with Gasteiger partial charge in [0.25, 0.3) is 0 Å². The Bertz CT molecular complexity index is 670. The van der Waals surface area contributed by atoms with Gasteiger partial charge in [0.1, 0.15) is 6.10 Å². The first-order valence-corrected chi connectivity index (χ1v) is 9.05. The van der Waals surface area contributed by atoms with Crippen molar-refractivity contribution in [3.05, 3.63) is 42.5 Å². The van der Waals surface area contributed by atoms with Crippen molar-refractivity contribution < 1.29 is 29.3 Å². The van der Waals surface area contributed by atoms with Gasteiger partial charge in [-0.25, -0.2) is 14.4 Å². The molecule has 9 heteroatoms. The van der Waals surface area contributed by atoms with Crippen molar-refractivity contribution in [3.8, 4) is 0 Å². The second-order valence-electron chi connectivity index (χ2n) is 6.37. The Kier molecular flexibility index (Phi) is 8.29. The molecule has 0 spiro atoms. The van der Waals surface area contributed by atoms with Crippen molar-refractivity contribution in [2.75, 3.05) is 44.2 Å². The molecule has 0 aromatic heterocycles. The molecule has 152 valence electrons. The van der Waals surface area contributed by atoms with E-state index in [0.717, 1.165) is 39.1 Å². The quantitative estimate of drug-likeness (QED) is 0.615. The number of hydrogen-bond acceptors (Lipinski definition) is 6. The van der Waals surface area contributed by atoms with E-state index in [0.29, 0.717) is 18.7 Å². The Labute approximate surface area is 163 Å². The highest BCUT2D eigenvalue weighted by Crippen LogP contribution is 2.16. The van der Waals surface area contributed by atoms with Gasteiger partial charge in [-0.3, -0.25) is 4.90 Å². The largest absolute Gasteiger partial charge is 0.478 e. The molecular weight excluding hydrogens is 366 g/mol. The second-order valence-corrected chi connectivity index (χ2v) is 6.37. The van der Waals surface area contributed by atoms with E-state index >= 15 is 0 Å². The number of nitrogens with zero attached hydrogens (tertiary/aromatic N) is 2. The molecular formula is C19H25N3O6. The van der Waals surface area contributed by atoms with Crippen LogP contribution in [0.25, 0.3) is 0 Å². The number of cyclic esters (lactones) is 1. The van der Waals surface area contributed by atoms with E-state index in [4.69, 9.17) is 14.9 Å². The van der Waals surface area contributed by atoms with E-state index in [-0.39, 0.29) is 12.2 Å². The summed E-state index contributed by atoms with van der Waals surface area (Å²) in [4.78, 5) is 34.9. The third-order valence-corrected chi connectivity index (χ3v) is 4.38. The van der Waals surface area contributed by atoms with Crippen LogP contribution in [0.3, 0.4) is 0 Å². The maximum atomic E-state index is 11.0. The van der Waals surface area contributed by atoms with Crippen LogP contribution in [0, 0.1) is 0 Å². The minimum atomic E-state index is -1.26. The standard InChI is InChI=1S/C15H21N3O2.C4H4O4/c19-15-16-12-14(20-15)6-7-17-8-10-18(11-9-17)13-4-2-1-3-5-13;5-3(6)1-2-4(7)8/h1-5,14H,6-12H2,(H,16,19);1-2H,(H,5,6)(H,7,8)/b;2-1-. The number of amides is 1. The topological polar surface area (TPSA) is 119 Å². The lowest BCUT2D eigenvalue weighted by molar-refractivity contribution is -0.134. The van der Waals surface area contributed by atoms with Gasteiger partial charge in [-0.05, 0) is 18.6 Å². The van der Waals surface area contributed by atoms with Crippen LogP contribution in [0.15, 0.2) is 42.5 Å². The molecule has 0 saturated carbocycles. The number of para-hydroxylation sites is 1. The van der Waals surface area contributed by atoms with Crippen LogP contribution < -0.4 is 10.2 Å². The van der Waals surface area contributed by atoms with Gasteiger partial charge in [0.15, 0.2) is 0 Å². The molecule has 1 atom stereocenters. The molecule has 2 aliphatic heterocycles. The highest BCUT2D eigenvalue weighted by Gasteiger charge is 2.24. The summed E-state index contributed by atoms with van der Waals surface area (Å²) in [5.41, 5.74) is 1.31. The molecule has 2 fully saturated rings. The molecule has 1 amide bonds. The first-order chi connectivity index (χ1) is 13.4. The Hall–Kier alpha value is -3.07. The van der Waals surface area contributed by atoms with Gasteiger partial charge in [0.05, 0.1) is 6.54 Å². The number of ether oxygens (including phenoxy) is 1. The predicted molar refractivity (Wildman–Crippen MR) is 102 cm³/mol. The molecule has 9 nitrogen and oxygen atoms in total. The van der Waals surface area contributed by atoms with Gasteiger partial charge in [-0.2, -0.15) is 0 Å². The summed E-state index contributed by atoms with van der Waals surface area (Å²) in [7, 11) is 0. The minimum Gasteiger partial charge on any atom is -0.478 e. The fourth-order valence-corrected chi connectivity index (χ4v) is 2.93. The molecule has 3 N–H and O–H groups in total. The molecule has 2 heterocycles. The monoisotopic (exact) mass is 391 g/mol. The predicted octanol–water partition coefficient (Wildman–Crippen LogP) is 1.02. The van der Waals surface area contributed by atoms with Crippen LogP contribution in [0.5, 0.6) is 0 Å². The lowest BCUT2D eigenvalue weighted by Crippen LogP contribution is -2.47. The van der Waals surface area contributed by atoms with Crippen LogP contribution in [0.2, 0.25) is 0 Å². The summed E-state index contributed by atoms with van der Waals surface area (Å²) in [6.45, 7) is 5.93. The first kappa shape index (κ1) is 21.2. The van der Waals surface area contributed by atoms with Crippen LogP contribution in [0.4, 0.5) is 10.5 Å². The molecule has 0 aliphatic carbocycles. The van der Waals surface area contributed by atoms with E-state index < -0.39 is 11.9 Å². The number of carbonyl (C=O) groups excluding carboxylic acids is 1. The lowest BCUT2D eigenvalue weighted by atomic mass is 10.2. The fraction of sp³-hybridized carbons (Fsp3) is 0.421. The molecule has 1 aromatic carbocycles. The van der Waals surface area contributed by atoms with Crippen molar-refractivity contribution in [1.82, 2.24) is 10.2 Å². The van der Waals surface area contributed by atoms with Crippen LogP contribution in [-0.4, -0.2) is 78.5 Å². The number of piperazine rings is 1. The number of anilines is 1. The second kappa shape index (κ2) is 10.9. The number of hydrogen-bond donors (Lipinski definition) is 3. The first-order valence-electron chi connectivity index (χ1n) is 9.05.